The second-order valence-electron chi connectivity index (χ2n) is 4.16. The molecule has 0 saturated heterocycles. The molecule has 19 heavy (non-hydrogen) atoms. The monoisotopic (exact) mass is 298 g/mol. The fourth-order valence-electron chi connectivity index (χ4n) is 1.71. The van der Waals surface area contributed by atoms with E-state index in [1.54, 1.807) is 18.3 Å². The quantitative estimate of drug-likeness (QED) is 0.890. The van der Waals surface area contributed by atoms with E-state index in [0.29, 0.717) is 22.9 Å². The molecule has 0 spiro atoms. The molecular formula is C13H12Cl2N2O2. The zero-order valence-electron chi connectivity index (χ0n) is 9.99. The minimum absolute atomic E-state index is 0.0866. The number of nitrogens with zero attached hydrogens (tertiary/aromatic N) is 1. The SMILES string of the molecule is O=C(O)CCc1cnc(Cc2ccc(Cl)cc2Cl)[nH]1. The molecule has 2 N–H and O–H groups in total. The number of carbonyl (C=O) groups is 1. The molecule has 6 heteroatoms. The van der Waals surface area contributed by atoms with Gasteiger partial charge < -0.3 is 10.1 Å². The molecule has 0 aliphatic rings. The van der Waals surface area contributed by atoms with Crippen LogP contribution in [0.1, 0.15) is 23.5 Å². The van der Waals surface area contributed by atoms with Crippen molar-refractivity contribution in [1.29, 1.82) is 0 Å². The lowest BCUT2D eigenvalue weighted by Crippen LogP contribution is -1.98. The molecule has 0 unspecified atom stereocenters. The molecule has 0 fully saturated rings. The molecule has 4 nitrogen and oxygen atoms in total. The zero-order chi connectivity index (χ0) is 13.8. The molecule has 0 aliphatic carbocycles. The smallest absolute Gasteiger partial charge is 0.303 e. The number of aromatic nitrogens is 2. The topological polar surface area (TPSA) is 66.0 Å². The molecule has 2 aromatic rings. The van der Waals surface area contributed by atoms with E-state index >= 15 is 0 Å². The fraction of sp³-hybridized carbons (Fsp3) is 0.231. The first kappa shape index (κ1) is 13.9. The van der Waals surface area contributed by atoms with Crippen LogP contribution < -0.4 is 0 Å². The Morgan fingerprint density at radius 1 is 1.37 bits per heavy atom. The Balaban J connectivity index is 2.05. The van der Waals surface area contributed by atoms with Crippen LogP contribution in [0.2, 0.25) is 10.0 Å². The third kappa shape index (κ3) is 3.98. The number of aromatic amines is 1. The summed E-state index contributed by atoms with van der Waals surface area (Å²) in [7, 11) is 0. The lowest BCUT2D eigenvalue weighted by atomic mass is 10.1. The first-order chi connectivity index (χ1) is 9.04. The summed E-state index contributed by atoms with van der Waals surface area (Å²) in [6.45, 7) is 0. The number of aryl methyl sites for hydroxylation is 1. The van der Waals surface area contributed by atoms with Gasteiger partial charge in [0.2, 0.25) is 0 Å². The summed E-state index contributed by atoms with van der Waals surface area (Å²) in [4.78, 5) is 17.8. The van der Waals surface area contributed by atoms with Gasteiger partial charge in [-0.25, -0.2) is 4.98 Å². The zero-order valence-corrected chi connectivity index (χ0v) is 11.5. The molecule has 1 aromatic heterocycles. The van der Waals surface area contributed by atoms with Crippen LogP contribution in [-0.4, -0.2) is 21.0 Å². The molecule has 0 aliphatic heterocycles. The van der Waals surface area contributed by atoms with Gasteiger partial charge in [0.05, 0.1) is 6.42 Å². The number of rotatable bonds is 5. The van der Waals surface area contributed by atoms with Crippen LogP contribution >= 0.6 is 23.2 Å². The van der Waals surface area contributed by atoms with Crippen molar-refractivity contribution in [1.82, 2.24) is 9.97 Å². The van der Waals surface area contributed by atoms with E-state index in [9.17, 15) is 4.79 Å². The Kier molecular flexibility index (Phi) is 4.45. The van der Waals surface area contributed by atoms with E-state index < -0.39 is 5.97 Å². The minimum Gasteiger partial charge on any atom is -0.481 e. The van der Waals surface area contributed by atoms with E-state index in [1.807, 2.05) is 6.07 Å². The number of aliphatic carboxylic acids is 1. The molecular weight excluding hydrogens is 287 g/mol. The van der Waals surface area contributed by atoms with Gasteiger partial charge in [0.15, 0.2) is 0 Å². The number of carboxylic acids is 1. The average Bonchev–Trinajstić information content (AvgIpc) is 2.78. The number of H-pyrrole nitrogens is 1. The number of hydrogen-bond acceptors (Lipinski definition) is 2. The molecule has 0 amide bonds. The van der Waals surface area contributed by atoms with E-state index in [1.165, 1.54) is 0 Å². The third-order valence-corrected chi connectivity index (χ3v) is 3.25. The molecule has 0 bridgehead atoms. The van der Waals surface area contributed by atoms with E-state index in [-0.39, 0.29) is 6.42 Å². The summed E-state index contributed by atoms with van der Waals surface area (Å²) >= 11 is 11.9. The molecule has 1 heterocycles. The number of benzene rings is 1. The number of imidazole rings is 1. The van der Waals surface area contributed by atoms with Crippen LogP contribution in [0.4, 0.5) is 0 Å². The van der Waals surface area contributed by atoms with Crippen molar-refractivity contribution in [2.24, 2.45) is 0 Å². The number of carboxylic acid groups (broad SMARTS) is 1. The highest BCUT2D eigenvalue weighted by Gasteiger charge is 2.07. The van der Waals surface area contributed by atoms with Crippen LogP contribution in [0.3, 0.4) is 0 Å². The Morgan fingerprint density at radius 2 is 2.16 bits per heavy atom. The Labute approximate surface area is 120 Å². The molecule has 1 aromatic carbocycles. The maximum atomic E-state index is 10.5. The third-order valence-electron chi connectivity index (χ3n) is 2.66. The van der Waals surface area contributed by atoms with Gasteiger partial charge in [-0.3, -0.25) is 4.79 Å². The predicted molar refractivity (Wildman–Crippen MR) is 73.8 cm³/mol. The molecule has 0 radical (unpaired) electrons. The maximum Gasteiger partial charge on any atom is 0.303 e. The van der Waals surface area contributed by atoms with Crippen molar-refractivity contribution in [2.45, 2.75) is 19.3 Å². The van der Waals surface area contributed by atoms with Crippen molar-refractivity contribution in [3.63, 3.8) is 0 Å². The van der Waals surface area contributed by atoms with Gasteiger partial charge in [0, 0.05) is 28.4 Å². The summed E-state index contributed by atoms with van der Waals surface area (Å²) in [5.41, 5.74) is 1.73. The number of nitrogens with one attached hydrogen (secondary N) is 1. The van der Waals surface area contributed by atoms with E-state index in [2.05, 4.69) is 9.97 Å². The van der Waals surface area contributed by atoms with Crippen LogP contribution in [0.25, 0.3) is 0 Å². The number of hydrogen-bond donors (Lipinski definition) is 2. The molecule has 100 valence electrons. The van der Waals surface area contributed by atoms with Crippen molar-refractivity contribution in [3.05, 3.63) is 51.5 Å². The highest BCUT2D eigenvalue weighted by molar-refractivity contribution is 6.35. The van der Waals surface area contributed by atoms with Crippen LogP contribution in [0.5, 0.6) is 0 Å². The second kappa shape index (κ2) is 6.08. The molecule has 0 atom stereocenters. The average molecular weight is 299 g/mol. The van der Waals surface area contributed by atoms with Crippen molar-refractivity contribution in [2.75, 3.05) is 0 Å². The van der Waals surface area contributed by atoms with E-state index in [4.69, 9.17) is 28.3 Å². The lowest BCUT2D eigenvalue weighted by molar-refractivity contribution is -0.136. The molecule has 2 rings (SSSR count). The van der Waals surface area contributed by atoms with Gasteiger partial charge in [0.25, 0.3) is 0 Å². The van der Waals surface area contributed by atoms with Crippen molar-refractivity contribution < 1.29 is 9.90 Å². The van der Waals surface area contributed by atoms with Gasteiger partial charge >= 0.3 is 5.97 Å². The van der Waals surface area contributed by atoms with Crippen LogP contribution in [0, 0.1) is 0 Å². The van der Waals surface area contributed by atoms with Crippen molar-refractivity contribution >= 4 is 29.2 Å². The lowest BCUT2D eigenvalue weighted by Gasteiger charge is -2.02. The highest BCUT2D eigenvalue weighted by atomic mass is 35.5. The highest BCUT2D eigenvalue weighted by Crippen LogP contribution is 2.22. The van der Waals surface area contributed by atoms with Crippen molar-refractivity contribution in [3.8, 4) is 0 Å². The summed E-state index contributed by atoms with van der Waals surface area (Å²) in [6.07, 6.45) is 2.74. The second-order valence-corrected chi connectivity index (χ2v) is 5.01. The number of halogens is 2. The van der Waals surface area contributed by atoms with E-state index in [0.717, 1.165) is 17.1 Å². The molecule has 0 saturated carbocycles. The first-order valence-electron chi connectivity index (χ1n) is 5.73. The maximum absolute atomic E-state index is 10.5. The van der Waals surface area contributed by atoms with Gasteiger partial charge in [0.1, 0.15) is 5.82 Å². The van der Waals surface area contributed by atoms with Gasteiger partial charge in [-0.15, -0.1) is 0 Å². The van der Waals surface area contributed by atoms with Crippen LogP contribution in [-0.2, 0) is 17.6 Å². The van der Waals surface area contributed by atoms with Gasteiger partial charge in [-0.05, 0) is 24.1 Å². The standard InChI is InChI=1S/C13H12Cl2N2O2/c14-9-2-1-8(11(15)6-9)5-12-16-7-10(17-12)3-4-13(18)19/h1-2,6-7H,3-5H2,(H,16,17)(H,18,19). The summed E-state index contributed by atoms with van der Waals surface area (Å²) in [5, 5.41) is 9.80. The van der Waals surface area contributed by atoms with Gasteiger partial charge in [-0.2, -0.15) is 0 Å². The fourth-order valence-corrected chi connectivity index (χ4v) is 2.18. The summed E-state index contributed by atoms with van der Waals surface area (Å²) in [5.74, 6) is -0.0680. The minimum atomic E-state index is -0.822. The predicted octanol–water partition coefficient (Wildman–Crippen LogP) is 3.32. The Hall–Kier alpha value is -1.52. The van der Waals surface area contributed by atoms with Gasteiger partial charge in [-0.1, -0.05) is 29.3 Å². The Morgan fingerprint density at radius 3 is 2.84 bits per heavy atom. The summed E-state index contributed by atoms with van der Waals surface area (Å²) < 4.78 is 0. The normalized spacial score (nSPS) is 10.6. The largest absolute Gasteiger partial charge is 0.481 e. The Bertz CT molecular complexity index is 596. The summed E-state index contributed by atoms with van der Waals surface area (Å²) in [6, 6.07) is 5.31. The van der Waals surface area contributed by atoms with Crippen LogP contribution in [0.15, 0.2) is 24.4 Å². The first-order valence-corrected chi connectivity index (χ1v) is 6.48.